The van der Waals surface area contributed by atoms with Gasteiger partial charge in [0.25, 0.3) is 0 Å². The number of unbranched alkanes of at least 4 members (excludes halogenated alkanes) is 1. The molecule has 174 valence electrons. The molecular formula is C24H27N3O5S. The number of rotatable bonds is 8. The molecule has 2 aromatic heterocycles. The van der Waals surface area contributed by atoms with Crippen LogP contribution in [-0.2, 0) is 39.1 Å². The monoisotopic (exact) mass is 469 g/mol. The fourth-order valence-electron chi connectivity index (χ4n) is 3.84. The summed E-state index contributed by atoms with van der Waals surface area (Å²) < 4.78 is 36.5. The van der Waals surface area contributed by atoms with Crippen LogP contribution in [0.1, 0.15) is 42.3 Å². The standard InChI is InChI=1S/C24H27N3O5S/c1-4-5-8-27-21-7-6-18(33(25,29)30)12-20(21)26-23(27)14-32-24(28)11-17-13-31-22-10-16(3)15(2)9-19(17)22/h6-7,9-10,12-13H,4-5,8,11,14H2,1-3H3,(H2,25,29,30). The Balaban J connectivity index is 1.55. The van der Waals surface area contributed by atoms with Gasteiger partial charge in [-0.2, -0.15) is 0 Å². The molecule has 0 aliphatic carbocycles. The molecule has 0 aliphatic rings. The van der Waals surface area contributed by atoms with Crippen molar-refractivity contribution in [2.75, 3.05) is 0 Å². The first-order chi connectivity index (χ1) is 15.7. The second-order valence-corrected chi connectivity index (χ2v) is 9.82. The molecule has 9 heteroatoms. The van der Waals surface area contributed by atoms with Gasteiger partial charge in [-0.25, -0.2) is 18.5 Å². The number of carbonyl (C=O) groups is 1. The van der Waals surface area contributed by atoms with E-state index in [0.29, 0.717) is 17.9 Å². The van der Waals surface area contributed by atoms with Gasteiger partial charge in [0.2, 0.25) is 10.0 Å². The van der Waals surface area contributed by atoms with Crippen molar-refractivity contribution >= 4 is 38.0 Å². The van der Waals surface area contributed by atoms with E-state index in [1.165, 1.54) is 12.1 Å². The van der Waals surface area contributed by atoms with Crippen LogP contribution < -0.4 is 5.14 Å². The number of nitrogens with zero attached hydrogens (tertiary/aromatic N) is 2. The van der Waals surface area contributed by atoms with E-state index in [2.05, 4.69) is 11.9 Å². The van der Waals surface area contributed by atoms with E-state index in [9.17, 15) is 13.2 Å². The zero-order chi connectivity index (χ0) is 23.8. The summed E-state index contributed by atoms with van der Waals surface area (Å²) in [6, 6.07) is 8.58. The molecular weight excluding hydrogens is 442 g/mol. The van der Waals surface area contributed by atoms with Crippen molar-refractivity contribution < 1.29 is 22.4 Å². The molecule has 33 heavy (non-hydrogen) atoms. The number of hydrogen-bond donors (Lipinski definition) is 1. The van der Waals surface area contributed by atoms with E-state index in [1.807, 2.05) is 30.5 Å². The summed E-state index contributed by atoms with van der Waals surface area (Å²) in [5, 5.41) is 6.16. The predicted octanol–water partition coefficient (Wildman–Crippen LogP) is 4.13. The zero-order valence-corrected chi connectivity index (χ0v) is 19.7. The third-order valence-corrected chi connectivity index (χ3v) is 6.74. The Morgan fingerprint density at radius 2 is 1.94 bits per heavy atom. The summed E-state index contributed by atoms with van der Waals surface area (Å²) in [6.45, 7) is 6.78. The molecule has 0 bridgehead atoms. The number of hydrogen-bond acceptors (Lipinski definition) is 6. The van der Waals surface area contributed by atoms with Crippen LogP contribution in [0.4, 0.5) is 0 Å². The number of aryl methyl sites for hydroxylation is 3. The maximum atomic E-state index is 12.6. The number of imidazole rings is 1. The molecule has 4 aromatic rings. The van der Waals surface area contributed by atoms with Crippen LogP contribution in [0.3, 0.4) is 0 Å². The summed E-state index contributed by atoms with van der Waals surface area (Å²) in [6.07, 6.45) is 3.56. The van der Waals surface area contributed by atoms with Crippen LogP contribution in [0.15, 0.2) is 45.9 Å². The molecule has 2 heterocycles. The van der Waals surface area contributed by atoms with Gasteiger partial charge >= 0.3 is 5.97 Å². The predicted molar refractivity (Wildman–Crippen MR) is 125 cm³/mol. The zero-order valence-electron chi connectivity index (χ0n) is 18.9. The van der Waals surface area contributed by atoms with E-state index in [-0.39, 0.29) is 17.9 Å². The number of aromatic nitrogens is 2. The highest BCUT2D eigenvalue weighted by molar-refractivity contribution is 7.89. The highest BCUT2D eigenvalue weighted by Crippen LogP contribution is 2.26. The summed E-state index contributed by atoms with van der Waals surface area (Å²) in [4.78, 5) is 17.1. The first-order valence-corrected chi connectivity index (χ1v) is 12.4. The molecule has 0 saturated heterocycles. The molecule has 0 unspecified atom stereocenters. The molecule has 0 saturated carbocycles. The fraction of sp³-hybridized carbons (Fsp3) is 0.333. The molecule has 0 fully saturated rings. The Hall–Kier alpha value is -3.17. The molecule has 2 N–H and O–H groups in total. The van der Waals surface area contributed by atoms with Crippen LogP contribution in [0.25, 0.3) is 22.0 Å². The minimum atomic E-state index is -3.84. The molecule has 8 nitrogen and oxygen atoms in total. The molecule has 0 amide bonds. The van der Waals surface area contributed by atoms with Gasteiger partial charge in [-0.15, -0.1) is 0 Å². The largest absolute Gasteiger partial charge is 0.464 e. The van der Waals surface area contributed by atoms with E-state index in [1.54, 1.807) is 12.3 Å². The van der Waals surface area contributed by atoms with E-state index >= 15 is 0 Å². The van der Waals surface area contributed by atoms with Crippen molar-refractivity contribution in [2.45, 2.75) is 58.1 Å². The van der Waals surface area contributed by atoms with E-state index in [0.717, 1.165) is 46.0 Å². The highest BCUT2D eigenvalue weighted by atomic mass is 32.2. The third kappa shape index (κ3) is 4.79. The Kier molecular flexibility index (Phi) is 6.27. The lowest BCUT2D eigenvalue weighted by atomic mass is 10.0. The molecule has 2 aromatic carbocycles. The van der Waals surface area contributed by atoms with Gasteiger partial charge in [-0.1, -0.05) is 13.3 Å². The SMILES string of the molecule is CCCCn1c(COC(=O)Cc2coc3cc(C)c(C)cc23)nc2cc(S(N)(=O)=O)ccc21. The number of esters is 1. The number of primary sulfonamides is 1. The van der Waals surface area contributed by atoms with Gasteiger partial charge in [0.1, 0.15) is 18.0 Å². The second-order valence-electron chi connectivity index (χ2n) is 8.26. The fourth-order valence-corrected chi connectivity index (χ4v) is 4.37. The van der Waals surface area contributed by atoms with Crippen LogP contribution in [0.5, 0.6) is 0 Å². The van der Waals surface area contributed by atoms with Gasteiger partial charge in [0, 0.05) is 17.5 Å². The number of fused-ring (bicyclic) bond motifs is 2. The Morgan fingerprint density at radius 1 is 1.18 bits per heavy atom. The molecule has 0 spiro atoms. The maximum absolute atomic E-state index is 12.6. The van der Waals surface area contributed by atoms with Crippen LogP contribution in [0, 0.1) is 13.8 Å². The molecule has 4 rings (SSSR count). The van der Waals surface area contributed by atoms with Crippen molar-refractivity contribution in [3.05, 3.63) is 59.1 Å². The Morgan fingerprint density at radius 3 is 2.67 bits per heavy atom. The van der Waals surface area contributed by atoms with Crippen molar-refractivity contribution in [3.63, 3.8) is 0 Å². The normalized spacial score (nSPS) is 12.0. The highest BCUT2D eigenvalue weighted by Gasteiger charge is 2.17. The van der Waals surface area contributed by atoms with Gasteiger partial charge in [0.05, 0.1) is 28.6 Å². The molecule has 0 aliphatic heterocycles. The lowest BCUT2D eigenvalue weighted by molar-refractivity contribution is -0.144. The van der Waals surface area contributed by atoms with Gasteiger partial charge < -0.3 is 13.7 Å². The number of carbonyl (C=O) groups excluding carboxylic acids is 1. The minimum absolute atomic E-state index is 0.00366. The quantitative estimate of drug-likeness (QED) is 0.388. The smallest absolute Gasteiger partial charge is 0.310 e. The first-order valence-electron chi connectivity index (χ1n) is 10.8. The first kappa shape index (κ1) is 23.0. The van der Waals surface area contributed by atoms with Gasteiger partial charge in [-0.05, 0) is 61.7 Å². The van der Waals surface area contributed by atoms with E-state index in [4.69, 9.17) is 14.3 Å². The number of benzene rings is 2. The molecule has 0 atom stereocenters. The van der Waals surface area contributed by atoms with Gasteiger partial charge in [0.15, 0.2) is 0 Å². The minimum Gasteiger partial charge on any atom is -0.464 e. The average Bonchev–Trinajstić information content (AvgIpc) is 3.30. The van der Waals surface area contributed by atoms with Crippen molar-refractivity contribution in [1.29, 1.82) is 0 Å². The van der Waals surface area contributed by atoms with Crippen LogP contribution >= 0.6 is 0 Å². The Bertz CT molecular complexity index is 1450. The topological polar surface area (TPSA) is 117 Å². The van der Waals surface area contributed by atoms with Gasteiger partial charge in [-0.3, -0.25) is 4.79 Å². The summed E-state index contributed by atoms with van der Waals surface area (Å²) in [5.74, 6) is 0.164. The average molecular weight is 470 g/mol. The summed E-state index contributed by atoms with van der Waals surface area (Å²) in [7, 11) is -3.84. The summed E-state index contributed by atoms with van der Waals surface area (Å²) in [5.41, 5.74) is 5.04. The third-order valence-electron chi connectivity index (χ3n) is 5.83. The van der Waals surface area contributed by atoms with Crippen LogP contribution in [0.2, 0.25) is 0 Å². The van der Waals surface area contributed by atoms with Crippen molar-refractivity contribution in [2.24, 2.45) is 5.14 Å². The number of nitrogens with two attached hydrogens (primary N) is 1. The molecule has 0 radical (unpaired) electrons. The van der Waals surface area contributed by atoms with Crippen LogP contribution in [-0.4, -0.2) is 23.9 Å². The lowest BCUT2D eigenvalue weighted by Gasteiger charge is -2.09. The van der Waals surface area contributed by atoms with Crippen molar-refractivity contribution in [1.82, 2.24) is 9.55 Å². The number of ether oxygens (including phenoxy) is 1. The Labute approximate surface area is 192 Å². The summed E-state index contributed by atoms with van der Waals surface area (Å²) >= 11 is 0. The second kappa shape index (κ2) is 8.99. The lowest BCUT2D eigenvalue weighted by Crippen LogP contribution is -2.12. The maximum Gasteiger partial charge on any atom is 0.310 e. The number of sulfonamides is 1. The van der Waals surface area contributed by atoms with Crippen molar-refractivity contribution in [3.8, 4) is 0 Å². The number of furan rings is 1. The van der Waals surface area contributed by atoms with E-state index < -0.39 is 16.0 Å².